The summed E-state index contributed by atoms with van der Waals surface area (Å²) in [5, 5.41) is 0. The molecule has 2 aliphatic rings. The lowest BCUT2D eigenvalue weighted by Crippen LogP contribution is -2.09. The van der Waals surface area contributed by atoms with Crippen LogP contribution in [0.15, 0.2) is 0 Å². The van der Waals surface area contributed by atoms with Crippen LogP contribution in [0.2, 0.25) is 0 Å². The Morgan fingerprint density at radius 2 is 1.00 bits per heavy atom. The Morgan fingerprint density at radius 1 is 0.647 bits per heavy atom. The van der Waals surface area contributed by atoms with Crippen LogP contribution in [0.4, 0.5) is 0 Å². The molecule has 0 saturated carbocycles. The number of hydrogen-bond donors (Lipinski definition) is 0. The van der Waals surface area contributed by atoms with E-state index in [9.17, 15) is 9.59 Å². The van der Waals surface area contributed by atoms with E-state index >= 15 is 0 Å². The highest BCUT2D eigenvalue weighted by molar-refractivity contribution is 5.78. The first-order chi connectivity index (χ1) is 8.27. The lowest BCUT2D eigenvalue weighted by Gasteiger charge is -2.03. The van der Waals surface area contributed by atoms with Crippen LogP contribution < -0.4 is 0 Å². The molecule has 0 unspecified atom stereocenters. The zero-order valence-corrected chi connectivity index (χ0v) is 10.5. The van der Waals surface area contributed by atoms with Gasteiger partial charge in [-0.25, -0.2) is 0 Å². The van der Waals surface area contributed by atoms with Gasteiger partial charge in [-0.1, -0.05) is 19.3 Å². The number of nitrogens with zero attached hydrogens (tertiary/aromatic N) is 2. The molecular weight excluding hydrogens is 216 g/mol. The standard InChI is InChI=1S/C13H22N2O2/c16-12(14-8-9-14)6-4-2-1-3-5-7-13(17)15-10-11-15/h1-11H2. The highest BCUT2D eigenvalue weighted by Crippen LogP contribution is 2.13. The van der Waals surface area contributed by atoms with Crippen LogP contribution in [0.25, 0.3) is 0 Å². The molecule has 2 saturated heterocycles. The highest BCUT2D eigenvalue weighted by atomic mass is 16.2. The van der Waals surface area contributed by atoms with E-state index in [4.69, 9.17) is 0 Å². The summed E-state index contributed by atoms with van der Waals surface area (Å²) >= 11 is 0. The van der Waals surface area contributed by atoms with Crippen LogP contribution in [0.5, 0.6) is 0 Å². The van der Waals surface area contributed by atoms with Crippen molar-refractivity contribution in [3.8, 4) is 0 Å². The SMILES string of the molecule is O=C(CCCCCCCC(=O)N1CC1)N1CC1. The van der Waals surface area contributed by atoms with Crippen molar-refractivity contribution in [2.75, 3.05) is 26.2 Å². The Morgan fingerprint density at radius 3 is 1.35 bits per heavy atom. The monoisotopic (exact) mass is 238 g/mol. The molecule has 17 heavy (non-hydrogen) atoms. The lowest BCUT2D eigenvalue weighted by atomic mass is 10.1. The van der Waals surface area contributed by atoms with Crippen molar-refractivity contribution in [2.45, 2.75) is 44.9 Å². The molecule has 2 fully saturated rings. The Bertz CT molecular complexity index is 255. The van der Waals surface area contributed by atoms with Crippen molar-refractivity contribution in [3.05, 3.63) is 0 Å². The predicted octanol–water partition coefficient (Wildman–Crippen LogP) is 1.40. The normalized spacial score (nSPS) is 17.2. The van der Waals surface area contributed by atoms with E-state index in [1.165, 1.54) is 0 Å². The minimum absolute atomic E-state index is 0.321. The van der Waals surface area contributed by atoms with E-state index in [-0.39, 0.29) is 0 Å². The van der Waals surface area contributed by atoms with Gasteiger partial charge in [0.1, 0.15) is 0 Å². The topological polar surface area (TPSA) is 40.2 Å². The third-order valence-electron chi connectivity index (χ3n) is 3.38. The molecule has 0 aromatic carbocycles. The fourth-order valence-electron chi connectivity index (χ4n) is 2.00. The Kier molecular flexibility index (Phi) is 4.40. The summed E-state index contributed by atoms with van der Waals surface area (Å²) in [5.74, 6) is 0.642. The molecule has 0 bridgehead atoms. The summed E-state index contributed by atoms with van der Waals surface area (Å²) in [4.78, 5) is 26.5. The fraction of sp³-hybridized carbons (Fsp3) is 0.846. The van der Waals surface area contributed by atoms with Gasteiger partial charge in [-0.15, -0.1) is 0 Å². The Hall–Kier alpha value is -1.06. The molecule has 4 nitrogen and oxygen atoms in total. The smallest absolute Gasteiger partial charge is 0.222 e. The van der Waals surface area contributed by atoms with Crippen LogP contribution in [0.1, 0.15) is 44.9 Å². The molecular formula is C13H22N2O2. The molecule has 0 spiro atoms. The van der Waals surface area contributed by atoms with Crippen molar-refractivity contribution in [1.82, 2.24) is 9.80 Å². The van der Waals surface area contributed by atoms with Crippen molar-refractivity contribution >= 4 is 11.8 Å². The number of carbonyl (C=O) groups is 2. The summed E-state index contributed by atoms with van der Waals surface area (Å²) in [6.45, 7) is 3.88. The molecule has 0 aromatic rings. The van der Waals surface area contributed by atoms with Crippen molar-refractivity contribution in [1.29, 1.82) is 0 Å². The van der Waals surface area contributed by atoms with Crippen LogP contribution in [0.3, 0.4) is 0 Å². The molecule has 0 N–H and O–H groups in total. The molecule has 2 aliphatic heterocycles. The number of rotatable bonds is 8. The fourth-order valence-corrected chi connectivity index (χ4v) is 2.00. The summed E-state index contributed by atoms with van der Waals surface area (Å²) in [6.07, 6.45) is 6.85. The lowest BCUT2D eigenvalue weighted by molar-refractivity contribution is -0.126. The largest absolute Gasteiger partial charge is 0.339 e. The molecule has 0 radical (unpaired) electrons. The second-order valence-corrected chi connectivity index (χ2v) is 5.03. The van der Waals surface area contributed by atoms with Gasteiger partial charge in [-0.3, -0.25) is 9.59 Å². The Labute approximate surface area is 103 Å². The van der Waals surface area contributed by atoms with Gasteiger partial charge in [0, 0.05) is 39.0 Å². The molecule has 0 aromatic heterocycles. The van der Waals surface area contributed by atoms with Gasteiger partial charge in [0.05, 0.1) is 0 Å². The minimum atomic E-state index is 0.321. The van der Waals surface area contributed by atoms with E-state index in [0.29, 0.717) is 24.7 Å². The third-order valence-corrected chi connectivity index (χ3v) is 3.38. The van der Waals surface area contributed by atoms with Gasteiger partial charge in [0.15, 0.2) is 0 Å². The van der Waals surface area contributed by atoms with E-state index in [0.717, 1.165) is 58.3 Å². The summed E-state index contributed by atoms with van der Waals surface area (Å²) in [6, 6.07) is 0. The maximum absolute atomic E-state index is 11.3. The third kappa shape index (κ3) is 4.75. The first kappa shape index (κ1) is 12.4. The second-order valence-electron chi connectivity index (χ2n) is 5.03. The molecule has 2 amide bonds. The zero-order valence-electron chi connectivity index (χ0n) is 10.5. The van der Waals surface area contributed by atoms with E-state index in [1.54, 1.807) is 0 Å². The first-order valence-corrected chi connectivity index (χ1v) is 6.83. The maximum Gasteiger partial charge on any atom is 0.222 e. The van der Waals surface area contributed by atoms with Crippen LogP contribution in [-0.2, 0) is 9.59 Å². The van der Waals surface area contributed by atoms with Gasteiger partial charge in [0.2, 0.25) is 11.8 Å². The average Bonchev–Trinajstić information content (AvgIpc) is 3.20. The van der Waals surface area contributed by atoms with Gasteiger partial charge in [0.25, 0.3) is 0 Å². The molecule has 0 atom stereocenters. The number of amides is 2. The first-order valence-electron chi connectivity index (χ1n) is 6.83. The molecule has 0 aliphatic carbocycles. The average molecular weight is 238 g/mol. The van der Waals surface area contributed by atoms with Gasteiger partial charge in [-0.2, -0.15) is 0 Å². The number of hydrogen-bond acceptors (Lipinski definition) is 2. The van der Waals surface area contributed by atoms with Gasteiger partial charge in [-0.05, 0) is 12.8 Å². The van der Waals surface area contributed by atoms with Crippen molar-refractivity contribution < 1.29 is 9.59 Å². The van der Waals surface area contributed by atoms with Crippen LogP contribution >= 0.6 is 0 Å². The van der Waals surface area contributed by atoms with Gasteiger partial charge < -0.3 is 9.80 Å². The second kappa shape index (κ2) is 6.03. The van der Waals surface area contributed by atoms with Crippen LogP contribution in [-0.4, -0.2) is 47.8 Å². The molecule has 2 rings (SSSR count). The van der Waals surface area contributed by atoms with Crippen molar-refractivity contribution in [3.63, 3.8) is 0 Å². The summed E-state index contributed by atoms with van der Waals surface area (Å²) < 4.78 is 0. The van der Waals surface area contributed by atoms with Crippen LogP contribution in [0, 0.1) is 0 Å². The Balaban J connectivity index is 1.36. The molecule has 4 heteroatoms. The van der Waals surface area contributed by atoms with E-state index in [2.05, 4.69) is 0 Å². The molecule has 2 heterocycles. The number of carbonyl (C=O) groups excluding carboxylic acids is 2. The highest BCUT2D eigenvalue weighted by Gasteiger charge is 2.23. The summed E-state index contributed by atoms with van der Waals surface area (Å²) in [7, 11) is 0. The zero-order chi connectivity index (χ0) is 12.1. The molecule has 96 valence electrons. The van der Waals surface area contributed by atoms with E-state index in [1.807, 2.05) is 9.80 Å². The summed E-state index contributed by atoms with van der Waals surface area (Å²) in [5.41, 5.74) is 0. The number of unbranched alkanes of at least 4 members (excludes halogenated alkanes) is 4. The predicted molar refractivity (Wildman–Crippen MR) is 65.5 cm³/mol. The van der Waals surface area contributed by atoms with Crippen molar-refractivity contribution in [2.24, 2.45) is 0 Å². The minimum Gasteiger partial charge on any atom is -0.339 e. The van der Waals surface area contributed by atoms with E-state index < -0.39 is 0 Å². The van der Waals surface area contributed by atoms with Gasteiger partial charge >= 0.3 is 0 Å². The maximum atomic E-state index is 11.3. The quantitative estimate of drug-likeness (QED) is 0.474.